The Kier molecular flexibility index (Phi) is 50.9. The average Bonchev–Trinajstić information content (AvgIpc) is 3.06. The molecule has 0 spiro atoms. The molecule has 4 aromatic rings. The van der Waals surface area contributed by atoms with Crippen LogP contribution in [0.2, 0.25) is 0 Å². The van der Waals surface area contributed by atoms with Crippen molar-refractivity contribution in [2.45, 2.75) is 13.3 Å². The van der Waals surface area contributed by atoms with Crippen molar-refractivity contribution in [3.05, 3.63) is 145 Å². The minimum absolute atomic E-state index is 1.14. The number of carbonyl (C=O) groups excluding carboxylic acids is 2. The van der Waals surface area contributed by atoms with Gasteiger partial charge < -0.3 is 9.47 Å². The zero-order valence-electron chi connectivity index (χ0n) is 25.0. The summed E-state index contributed by atoms with van der Waals surface area (Å²) in [5.41, 5.74) is 1.41. The van der Waals surface area contributed by atoms with Crippen molar-refractivity contribution < 1.29 is 19.1 Å². The van der Waals surface area contributed by atoms with E-state index in [1.165, 1.54) is 31.8 Å². The van der Waals surface area contributed by atoms with Crippen molar-refractivity contribution >= 4 is 12.2 Å². The van der Waals surface area contributed by atoms with Crippen molar-refractivity contribution in [1.82, 2.24) is 0 Å². The zero-order chi connectivity index (χ0) is 30.8. The molecule has 40 heavy (non-hydrogen) atoms. The van der Waals surface area contributed by atoms with Gasteiger partial charge in [-0.1, -0.05) is 146 Å². The van der Waals surface area contributed by atoms with E-state index in [4.69, 9.17) is 9.59 Å². The van der Waals surface area contributed by atoms with Gasteiger partial charge in [0.1, 0.15) is 0 Å². The summed E-state index contributed by atoms with van der Waals surface area (Å²) in [5, 5.41) is 0. The van der Waals surface area contributed by atoms with Gasteiger partial charge in [0.05, 0.1) is 0 Å². The van der Waals surface area contributed by atoms with Gasteiger partial charge in [-0.25, -0.2) is 19.6 Å². The van der Waals surface area contributed by atoms with Gasteiger partial charge in [-0.3, -0.25) is 0 Å². The van der Waals surface area contributed by atoms with Crippen LogP contribution in [0.3, 0.4) is 0 Å². The van der Waals surface area contributed by atoms with Crippen molar-refractivity contribution in [2.24, 2.45) is 9.98 Å². The molecule has 6 nitrogen and oxygen atoms in total. The van der Waals surface area contributed by atoms with E-state index < -0.39 is 0 Å². The SMILES string of the molecule is CCc1ccccc1.CN=C=O.CN=C=O.COC.COC.c1ccccc1.c1ccccc1.c1ccccc1. The maximum atomic E-state index is 8.88. The number of nitrogens with zero attached hydrogens (tertiary/aromatic N) is 2. The number of rotatable bonds is 1. The third kappa shape index (κ3) is 54.5. The minimum atomic E-state index is 1.14. The highest BCUT2D eigenvalue weighted by molar-refractivity contribution is 5.32. The van der Waals surface area contributed by atoms with E-state index in [1.54, 1.807) is 28.4 Å². The first-order valence-corrected chi connectivity index (χ1v) is 12.4. The number of isocyanates is 2. The van der Waals surface area contributed by atoms with Crippen LogP contribution in [0.4, 0.5) is 0 Å². The van der Waals surface area contributed by atoms with Crippen molar-refractivity contribution in [3.8, 4) is 0 Å². The molecule has 0 heterocycles. The molecule has 216 valence electrons. The Morgan fingerprint density at radius 2 is 0.625 bits per heavy atom. The zero-order valence-corrected chi connectivity index (χ0v) is 25.0. The molecule has 4 aromatic carbocycles. The summed E-state index contributed by atoms with van der Waals surface area (Å²) in [6.45, 7) is 2.16. The predicted octanol–water partition coefficient (Wildman–Crippen LogP) is 7.74. The smallest absolute Gasteiger partial charge is 0.234 e. The van der Waals surface area contributed by atoms with Crippen molar-refractivity contribution in [3.63, 3.8) is 0 Å². The Morgan fingerprint density at radius 1 is 0.475 bits per heavy atom. The number of aryl methyl sites for hydroxylation is 1. The van der Waals surface area contributed by atoms with E-state index in [0.717, 1.165) is 6.42 Å². The summed E-state index contributed by atoms with van der Waals surface area (Å²) in [4.78, 5) is 23.6. The summed E-state index contributed by atoms with van der Waals surface area (Å²) in [7, 11) is 9.26. The highest BCUT2D eigenvalue weighted by atomic mass is 16.5. The number of methoxy groups -OCH3 is 2. The summed E-state index contributed by atoms with van der Waals surface area (Å²) in [6.07, 6.45) is 3.75. The molecule has 0 radical (unpaired) electrons. The van der Waals surface area contributed by atoms with Crippen LogP contribution in [0.25, 0.3) is 0 Å². The first-order chi connectivity index (χ1) is 19.6. The quantitative estimate of drug-likeness (QED) is 0.181. The molecule has 0 bridgehead atoms. The molecule has 0 aromatic heterocycles. The number of ether oxygens (including phenoxy) is 2. The number of hydrogen-bond acceptors (Lipinski definition) is 6. The molecule has 6 heteroatoms. The lowest BCUT2D eigenvalue weighted by Gasteiger charge is -1.89. The number of aliphatic imine (C=N–C) groups is 2. The lowest BCUT2D eigenvalue weighted by Crippen LogP contribution is -1.73. The van der Waals surface area contributed by atoms with E-state index >= 15 is 0 Å². The van der Waals surface area contributed by atoms with Gasteiger partial charge in [0.15, 0.2) is 0 Å². The highest BCUT2D eigenvalue weighted by Crippen LogP contribution is 1.96. The summed E-state index contributed by atoms with van der Waals surface area (Å²) in [6, 6.07) is 46.5. The van der Waals surface area contributed by atoms with E-state index in [1.807, 2.05) is 115 Å². The lowest BCUT2D eigenvalue weighted by molar-refractivity contribution is 0.277. The largest absolute Gasteiger partial charge is 0.388 e. The van der Waals surface area contributed by atoms with Crippen molar-refractivity contribution in [2.75, 3.05) is 42.5 Å². The average molecular weight is 547 g/mol. The molecule has 0 saturated carbocycles. The fraction of sp³-hybridized carbons (Fsp3) is 0.235. The second kappa shape index (κ2) is 47.7. The van der Waals surface area contributed by atoms with E-state index in [-0.39, 0.29) is 0 Å². The highest BCUT2D eigenvalue weighted by Gasteiger charge is 1.80. The van der Waals surface area contributed by atoms with Crippen LogP contribution < -0.4 is 0 Å². The first-order valence-electron chi connectivity index (χ1n) is 12.4. The minimum Gasteiger partial charge on any atom is -0.388 e. The molecule has 0 unspecified atom stereocenters. The lowest BCUT2D eigenvalue weighted by atomic mass is 10.2. The molecule has 0 aliphatic heterocycles. The maximum absolute atomic E-state index is 8.88. The van der Waals surface area contributed by atoms with Gasteiger partial charge >= 0.3 is 0 Å². The Hall–Kier alpha value is -4.44. The second-order valence-corrected chi connectivity index (χ2v) is 6.75. The molecular weight excluding hydrogens is 500 g/mol. The van der Waals surface area contributed by atoms with Gasteiger partial charge in [0.25, 0.3) is 0 Å². The van der Waals surface area contributed by atoms with Gasteiger partial charge in [0, 0.05) is 42.5 Å². The Bertz CT molecular complexity index is 818. The van der Waals surface area contributed by atoms with Crippen LogP contribution in [0.1, 0.15) is 12.5 Å². The van der Waals surface area contributed by atoms with Crippen LogP contribution >= 0.6 is 0 Å². The van der Waals surface area contributed by atoms with Crippen molar-refractivity contribution in [1.29, 1.82) is 0 Å². The fourth-order valence-corrected chi connectivity index (χ4v) is 1.87. The molecule has 0 aliphatic carbocycles. The third-order valence-corrected chi connectivity index (χ3v) is 3.43. The topological polar surface area (TPSA) is 77.3 Å². The molecule has 0 saturated heterocycles. The predicted molar refractivity (Wildman–Crippen MR) is 169 cm³/mol. The van der Waals surface area contributed by atoms with Crippen LogP contribution in [0.5, 0.6) is 0 Å². The normalized spacial score (nSPS) is 7.17. The third-order valence-electron chi connectivity index (χ3n) is 3.43. The molecule has 0 fully saturated rings. The summed E-state index contributed by atoms with van der Waals surface area (Å²) < 4.78 is 8.50. The van der Waals surface area contributed by atoms with Crippen LogP contribution in [-0.2, 0) is 25.5 Å². The van der Waals surface area contributed by atoms with Gasteiger partial charge in [0.2, 0.25) is 12.2 Å². The van der Waals surface area contributed by atoms with Crippen LogP contribution in [0.15, 0.2) is 150 Å². The second-order valence-electron chi connectivity index (χ2n) is 6.75. The molecule has 0 N–H and O–H groups in total. The summed E-state index contributed by atoms with van der Waals surface area (Å²) in [5.74, 6) is 0. The number of hydrogen-bond donors (Lipinski definition) is 0. The summed E-state index contributed by atoms with van der Waals surface area (Å²) >= 11 is 0. The maximum Gasteiger partial charge on any atom is 0.234 e. The number of benzene rings is 4. The Balaban J connectivity index is -0.000000190. The molecule has 0 atom stereocenters. The van der Waals surface area contributed by atoms with E-state index in [2.05, 4.69) is 50.6 Å². The standard InChI is InChI=1S/C8H10.3C6H6.2C2H3NO.2C2H6O/c1-2-8-6-4-3-5-7-8;3*1-2-4-6-5-3-1;2*1-3-2-4;2*1-3-2/h3-7H,2H2,1H3;3*1-6H;2*1H3;2*1-2H3. The molecule has 0 aliphatic rings. The van der Waals surface area contributed by atoms with E-state index in [0.29, 0.717) is 0 Å². The fourth-order valence-electron chi connectivity index (χ4n) is 1.87. The molecule has 4 rings (SSSR count). The van der Waals surface area contributed by atoms with Crippen LogP contribution in [-0.4, -0.2) is 54.7 Å². The Labute approximate surface area is 242 Å². The Morgan fingerprint density at radius 3 is 0.725 bits per heavy atom. The van der Waals surface area contributed by atoms with Gasteiger partial charge in [-0.05, 0) is 12.0 Å². The van der Waals surface area contributed by atoms with E-state index in [9.17, 15) is 0 Å². The van der Waals surface area contributed by atoms with Gasteiger partial charge in [-0.2, -0.15) is 0 Å². The molecular formula is C34H46N2O4. The van der Waals surface area contributed by atoms with Gasteiger partial charge in [-0.15, -0.1) is 0 Å². The first kappa shape index (κ1) is 42.6. The monoisotopic (exact) mass is 546 g/mol. The van der Waals surface area contributed by atoms with Crippen LogP contribution in [0, 0.1) is 0 Å². The molecule has 0 amide bonds.